The van der Waals surface area contributed by atoms with Crippen LogP contribution in [0.2, 0.25) is 0 Å². The lowest BCUT2D eigenvalue weighted by atomic mass is 10.3. The Bertz CT molecular complexity index is 435. The minimum absolute atomic E-state index is 0.0838. The largest absolute Gasteiger partial charge is 0.481 e. The number of nitrogens with zero attached hydrogens (tertiary/aromatic N) is 3. The molecular weight excluding hydrogens is 232 g/mol. The second-order valence-corrected chi connectivity index (χ2v) is 3.25. The summed E-state index contributed by atoms with van der Waals surface area (Å²) in [5.41, 5.74) is 4.67. The Morgan fingerprint density at radius 3 is 2.65 bits per heavy atom. The van der Waals surface area contributed by atoms with Gasteiger partial charge in [-0.05, 0) is 11.3 Å². The Balaban J connectivity index is 2.81. The van der Waals surface area contributed by atoms with E-state index < -0.39 is 22.6 Å². The SMILES string of the molecule is NC(=O)c1cn(CCCC(=O)O)nc1[N+](=O)[O-]. The number of primary amides is 1. The molecule has 0 saturated heterocycles. The van der Waals surface area contributed by atoms with Crippen LogP contribution in [0.3, 0.4) is 0 Å². The van der Waals surface area contributed by atoms with Gasteiger partial charge < -0.3 is 21.0 Å². The first-order valence-corrected chi connectivity index (χ1v) is 4.65. The number of nitro groups is 1. The van der Waals surface area contributed by atoms with Gasteiger partial charge in [0.05, 0.1) is 17.8 Å². The zero-order valence-corrected chi connectivity index (χ0v) is 8.70. The Labute approximate surface area is 95.0 Å². The molecule has 1 aromatic heterocycles. The van der Waals surface area contributed by atoms with Crippen molar-refractivity contribution in [2.45, 2.75) is 19.4 Å². The maximum atomic E-state index is 10.9. The third-order valence-electron chi connectivity index (χ3n) is 1.96. The van der Waals surface area contributed by atoms with Crippen molar-refractivity contribution in [1.82, 2.24) is 9.78 Å². The second kappa shape index (κ2) is 5.05. The van der Waals surface area contributed by atoms with Gasteiger partial charge in [-0.2, -0.15) is 4.68 Å². The molecule has 0 spiro atoms. The van der Waals surface area contributed by atoms with Crippen molar-refractivity contribution in [3.8, 4) is 0 Å². The predicted octanol–water partition coefficient (Wildman–Crippen LogP) is -0.245. The molecule has 1 amide bonds. The van der Waals surface area contributed by atoms with Crippen LogP contribution >= 0.6 is 0 Å². The number of carbonyl (C=O) groups excluding carboxylic acids is 1. The van der Waals surface area contributed by atoms with Crippen molar-refractivity contribution in [3.05, 3.63) is 21.9 Å². The zero-order valence-electron chi connectivity index (χ0n) is 8.70. The molecule has 1 aromatic rings. The summed E-state index contributed by atoms with van der Waals surface area (Å²) in [7, 11) is 0. The summed E-state index contributed by atoms with van der Waals surface area (Å²) in [4.78, 5) is 30.9. The van der Waals surface area contributed by atoms with E-state index in [1.165, 1.54) is 0 Å². The van der Waals surface area contributed by atoms with Gasteiger partial charge in [-0.1, -0.05) is 0 Å². The summed E-state index contributed by atoms with van der Waals surface area (Å²) in [6.07, 6.45) is 1.31. The van der Waals surface area contributed by atoms with E-state index >= 15 is 0 Å². The van der Waals surface area contributed by atoms with E-state index in [9.17, 15) is 19.7 Å². The number of aryl methyl sites for hydroxylation is 1. The molecule has 1 rings (SSSR count). The van der Waals surface area contributed by atoms with Crippen LogP contribution in [-0.2, 0) is 11.3 Å². The molecule has 0 aliphatic rings. The molecule has 9 heteroatoms. The van der Waals surface area contributed by atoms with Crippen LogP contribution in [-0.4, -0.2) is 31.7 Å². The molecule has 3 N–H and O–H groups in total. The fourth-order valence-electron chi connectivity index (χ4n) is 1.23. The summed E-state index contributed by atoms with van der Waals surface area (Å²) < 4.78 is 1.14. The Kier molecular flexibility index (Phi) is 3.75. The lowest BCUT2D eigenvalue weighted by Gasteiger charge is -1.93. The fraction of sp³-hybridized carbons (Fsp3) is 0.375. The molecule has 17 heavy (non-hydrogen) atoms. The molecule has 0 fully saturated rings. The molecule has 0 aliphatic carbocycles. The van der Waals surface area contributed by atoms with E-state index in [4.69, 9.17) is 10.8 Å². The highest BCUT2D eigenvalue weighted by molar-refractivity contribution is 5.95. The van der Waals surface area contributed by atoms with E-state index in [1.54, 1.807) is 0 Å². The number of hydrogen-bond acceptors (Lipinski definition) is 5. The number of nitrogens with two attached hydrogens (primary N) is 1. The number of hydrogen-bond donors (Lipinski definition) is 2. The molecule has 0 bridgehead atoms. The highest BCUT2D eigenvalue weighted by Gasteiger charge is 2.24. The van der Waals surface area contributed by atoms with Gasteiger partial charge in [0, 0.05) is 6.42 Å². The minimum Gasteiger partial charge on any atom is -0.481 e. The average molecular weight is 242 g/mol. The van der Waals surface area contributed by atoms with E-state index in [0.717, 1.165) is 10.9 Å². The van der Waals surface area contributed by atoms with Crippen LogP contribution in [0.15, 0.2) is 6.20 Å². The number of carboxylic acids is 1. The Morgan fingerprint density at radius 2 is 2.24 bits per heavy atom. The highest BCUT2D eigenvalue weighted by atomic mass is 16.6. The number of aromatic nitrogens is 2. The van der Waals surface area contributed by atoms with Crippen molar-refractivity contribution < 1.29 is 19.6 Å². The van der Waals surface area contributed by atoms with Crippen molar-refractivity contribution in [1.29, 1.82) is 0 Å². The number of amides is 1. The monoisotopic (exact) mass is 242 g/mol. The lowest BCUT2D eigenvalue weighted by Crippen LogP contribution is -2.11. The third kappa shape index (κ3) is 3.26. The zero-order chi connectivity index (χ0) is 13.0. The first-order valence-electron chi connectivity index (χ1n) is 4.65. The second-order valence-electron chi connectivity index (χ2n) is 3.25. The van der Waals surface area contributed by atoms with Gasteiger partial charge in [-0.15, -0.1) is 0 Å². The molecule has 0 radical (unpaired) electrons. The van der Waals surface area contributed by atoms with Crippen LogP contribution in [0, 0.1) is 10.1 Å². The standard InChI is InChI=1S/C8H10N4O5/c9-7(15)5-4-11(3-1-2-6(13)14)10-8(5)12(16)17/h4H,1-3H2,(H2,9,15)(H,13,14). The van der Waals surface area contributed by atoms with Gasteiger partial charge in [0.25, 0.3) is 5.91 Å². The lowest BCUT2D eigenvalue weighted by molar-refractivity contribution is -0.390. The maximum Gasteiger partial charge on any atom is 0.402 e. The van der Waals surface area contributed by atoms with Gasteiger partial charge in [0.15, 0.2) is 5.56 Å². The van der Waals surface area contributed by atoms with E-state index in [0.29, 0.717) is 0 Å². The minimum atomic E-state index is -0.971. The normalized spacial score (nSPS) is 10.1. The van der Waals surface area contributed by atoms with Gasteiger partial charge in [0.2, 0.25) is 0 Å². The number of carbonyl (C=O) groups is 2. The summed E-state index contributed by atoms with van der Waals surface area (Å²) in [6.45, 7) is 0.167. The number of carboxylic acid groups (broad SMARTS) is 1. The topological polar surface area (TPSA) is 141 Å². The summed E-state index contributed by atoms with van der Waals surface area (Å²) in [6, 6.07) is 0. The Morgan fingerprint density at radius 1 is 1.59 bits per heavy atom. The highest BCUT2D eigenvalue weighted by Crippen LogP contribution is 2.15. The van der Waals surface area contributed by atoms with Crippen LogP contribution in [0.5, 0.6) is 0 Å². The van der Waals surface area contributed by atoms with E-state index in [1.807, 2.05) is 0 Å². The predicted molar refractivity (Wildman–Crippen MR) is 54.3 cm³/mol. The molecule has 0 unspecified atom stereocenters. The summed E-state index contributed by atoms with van der Waals surface area (Å²) in [5, 5.41) is 22.5. The van der Waals surface area contributed by atoms with E-state index in [-0.39, 0.29) is 24.9 Å². The molecule has 9 nitrogen and oxygen atoms in total. The number of aliphatic carboxylic acids is 1. The van der Waals surface area contributed by atoms with Crippen LogP contribution in [0.4, 0.5) is 5.82 Å². The molecule has 0 saturated carbocycles. The van der Waals surface area contributed by atoms with Crippen molar-refractivity contribution in [2.24, 2.45) is 5.73 Å². The molecule has 0 aromatic carbocycles. The van der Waals surface area contributed by atoms with Gasteiger partial charge in [-0.3, -0.25) is 9.59 Å². The van der Waals surface area contributed by atoms with Gasteiger partial charge >= 0.3 is 11.8 Å². The van der Waals surface area contributed by atoms with Crippen LogP contribution in [0.25, 0.3) is 0 Å². The smallest absolute Gasteiger partial charge is 0.402 e. The molecule has 1 heterocycles. The fourth-order valence-corrected chi connectivity index (χ4v) is 1.23. The van der Waals surface area contributed by atoms with E-state index in [2.05, 4.69) is 5.10 Å². The van der Waals surface area contributed by atoms with Crippen LogP contribution in [0.1, 0.15) is 23.2 Å². The number of rotatable bonds is 6. The van der Waals surface area contributed by atoms with Crippen molar-refractivity contribution >= 4 is 17.7 Å². The average Bonchev–Trinajstić information content (AvgIpc) is 2.61. The van der Waals surface area contributed by atoms with Crippen molar-refractivity contribution in [3.63, 3.8) is 0 Å². The first kappa shape index (κ1) is 12.6. The summed E-state index contributed by atoms with van der Waals surface area (Å²) in [5.74, 6) is -2.53. The van der Waals surface area contributed by atoms with Crippen LogP contribution < -0.4 is 5.73 Å². The Hall–Kier alpha value is -2.45. The molecule has 0 aliphatic heterocycles. The molecular formula is C8H10N4O5. The third-order valence-corrected chi connectivity index (χ3v) is 1.96. The molecule has 92 valence electrons. The van der Waals surface area contributed by atoms with Crippen molar-refractivity contribution in [2.75, 3.05) is 0 Å². The maximum absolute atomic E-state index is 10.9. The first-order chi connectivity index (χ1) is 7.91. The van der Waals surface area contributed by atoms with Gasteiger partial charge in [-0.25, -0.2) is 0 Å². The summed E-state index contributed by atoms with van der Waals surface area (Å²) >= 11 is 0. The molecule has 0 atom stereocenters. The quantitative estimate of drug-likeness (QED) is 0.520. The van der Waals surface area contributed by atoms with Gasteiger partial charge in [0.1, 0.15) is 0 Å².